The topological polar surface area (TPSA) is 15.3 Å². The van der Waals surface area contributed by atoms with Gasteiger partial charge in [0.1, 0.15) is 0 Å². The molecule has 104 valence electrons. The zero-order chi connectivity index (χ0) is 13.2. The summed E-state index contributed by atoms with van der Waals surface area (Å²) in [7, 11) is 0. The van der Waals surface area contributed by atoms with Gasteiger partial charge in [0.15, 0.2) is 0 Å². The molecule has 0 aromatic rings. The first-order chi connectivity index (χ1) is 8.60. The molecule has 1 heterocycles. The second-order valence-corrected chi connectivity index (χ2v) is 6.48. The van der Waals surface area contributed by atoms with Gasteiger partial charge >= 0.3 is 0 Å². The van der Waals surface area contributed by atoms with Gasteiger partial charge in [-0.25, -0.2) is 0 Å². The van der Waals surface area contributed by atoms with Crippen LogP contribution in [0.2, 0.25) is 0 Å². The summed E-state index contributed by atoms with van der Waals surface area (Å²) in [5, 5.41) is 3.86. The van der Waals surface area contributed by atoms with Gasteiger partial charge in [0, 0.05) is 31.2 Å². The van der Waals surface area contributed by atoms with E-state index in [0.29, 0.717) is 5.54 Å². The lowest BCUT2D eigenvalue weighted by molar-refractivity contribution is 0.0719. The quantitative estimate of drug-likeness (QED) is 0.754. The molecule has 2 fully saturated rings. The van der Waals surface area contributed by atoms with Crippen LogP contribution in [0.25, 0.3) is 0 Å². The van der Waals surface area contributed by atoms with Gasteiger partial charge in [-0.3, -0.25) is 4.90 Å². The van der Waals surface area contributed by atoms with E-state index in [0.717, 1.165) is 18.5 Å². The first kappa shape index (κ1) is 14.1. The van der Waals surface area contributed by atoms with Gasteiger partial charge in [0.05, 0.1) is 0 Å². The predicted octanol–water partition coefficient (Wildman–Crippen LogP) is 3.20. The zero-order valence-electron chi connectivity index (χ0n) is 12.6. The molecule has 0 spiro atoms. The molecule has 0 bridgehead atoms. The molecule has 0 radical (unpaired) electrons. The largest absolute Gasteiger partial charge is 0.308 e. The average molecular weight is 250 g/mol. The fourth-order valence-electron chi connectivity index (χ4n) is 3.18. The summed E-state index contributed by atoms with van der Waals surface area (Å²) in [6.45, 7) is 12.6. The van der Waals surface area contributed by atoms with Crippen molar-refractivity contribution in [1.29, 1.82) is 0 Å². The highest BCUT2D eigenvalue weighted by Gasteiger charge is 2.42. The molecular formula is C16H30N2. The van der Waals surface area contributed by atoms with Crippen molar-refractivity contribution in [3.05, 3.63) is 11.6 Å². The van der Waals surface area contributed by atoms with E-state index in [-0.39, 0.29) is 0 Å². The monoisotopic (exact) mass is 250 g/mol. The molecule has 2 heteroatoms. The summed E-state index contributed by atoms with van der Waals surface area (Å²) in [5.74, 6) is 0.967. The number of piperazine rings is 1. The van der Waals surface area contributed by atoms with Gasteiger partial charge in [-0.05, 0) is 45.4 Å². The van der Waals surface area contributed by atoms with Crippen molar-refractivity contribution in [2.75, 3.05) is 19.6 Å². The van der Waals surface area contributed by atoms with E-state index in [2.05, 4.69) is 44.0 Å². The van der Waals surface area contributed by atoms with E-state index < -0.39 is 0 Å². The molecule has 0 aromatic carbocycles. The Hall–Kier alpha value is -0.340. The SMILES string of the molecule is CCC1(CC)CN(CC=C(C)C)C(C2CC2)CN1. The highest BCUT2D eigenvalue weighted by Crippen LogP contribution is 2.38. The molecule has 1 aliphatic carbocycles. The summed E-state index contributed by atoms with van der Waals surface area (Å²) < 4.78 is 0. The minimum absolute atomic E-state index is 0.362. The summed E-state index contributed by atoms with van der Waals surface area (Å²) in [4.78, 5) is 2.74. The normalized spacial score (nSPS) is 28.1. The molecular weight excluding hydrogens is 220 g/mol. The standard InChI is InChI=1S/C16H30N2/c1-5-16(6-2)12-18(10-9-13(3)4)15(11-17-16)14-7-8-14/h9,14-15,17H,5-8,10-12H2,1-4H3. The Labute approximate surface area is 113 Å². The van der Waals surface area contributed by atoms with E-state index in [4.69, 9.17) is 0 Å². The minimum Gasteiger partial charge on any atom is -0.308 e. The van der Waals surface area contributed by atoms with Crippen LogP contribution >= 0.6 is 0 Å². The second-order valence-electron chi connectivity index (χ2n) is 6.48. The Kier molecular flexibility index (Phi) is 4.50. The van der Waals surface area contributed by atoms with E-state index in [1.165, 1.54) is 44.3 Å². The lowest BCUT2D eigenvalue weighted by Crippen LogP contribution is -2.64. The first-order valence-corrected chi connectivity index (χ1v) is 7.72. The average Bonchev–Trinajstić information content (AvgIpc) is 3.20. The van der Waals surface area contributed by atoms with Crippen molar-refractivity contribution >= 4 is 0 Å². The van der Waals surface area contributed by atoms with Crippen molar-refractivity contribution in [2.45, 2.75) is 65.0 Å². The van der Waals surface area contributed by atoms with E-state index in [9.17, 15) is 0 Å². The molecule has 1 saturated heterocycles. The number of nitrogens with one attached hydrogen (secondary N) is 1. The third kappa shape index (κ3) is 3.16. The maximum atomic E-state index is 3.86. The van der Waals surface area contributed by atoms with Crippen LogP contribution in [0, 0.1) is 5.92 Å². The molecule has 2 rings (SSSR count). The number of allylic oxidation sites excluding steroid dienone is 1. The van der Waals surface area contributed by atoms with Crippen LogP contribution in [-0.2, 0) is 0 Å². The van der Waals surface area contributed by atoms with Crippen LogP contribution in [0.3, 0.4) is 0 Å². The Morgan fingerprint density at radius 2 is 1.94 bits per heavy atom. The smallest absolute Gasteiger partial charge is 0.0304 e. The molecule has 1 atom stereocenters. The highest BCUT2D eigenvalue weighted by atomic mass is 15.3. The van der Waals surface area contributed by atoms with E-state index in [1.807, 2.05) is 0 Å². The lowest BCUT2D eigenvalue weighted by atomic mass is 9.87. The number of hydrogen-bond acceptors (Lipinski definition) is 2. The highest BCUT2D eigenvalue weighted by molar-refractivity contribution is 5.04. The van der Waals surface area contributed by atoms with E-state index in [1.54, 1.807) is 0 Å². The second kappa shape index (κ2) is 5.75. The van der Waals surface area contributed by atoms with Gasteiger partial charge in [0.25, 0.3) is 0 Å². The molecule has 1 saturated carbocycles. The van der Waals surface area contributed by atoms with Gasteiger partial charge in [-0.1, -0.05) is 25.5 Å². The van der Waals surface area contributed by atoms with Crippen LogP contribution in [-0.4, -0.2) is 36.1 Å². The molecule has 1 unspecified atom stereocenters. The minimum atomic E-state index is 0.362. The molecule has 1 N–H and O–H groups in total. The van der Waals surface area contributed by atoms with Crippen molar-refractivity contribution in [3.8, 4) is 0 Å². The molecule has 2 aliphatic rings. The zero-order valence-corrected chi connectivity index (χ0v) is 12.6. The van der Waals surface area contributed by atoms with Gasteiger partial charge in [0.2, 0.25) is 0 Å². The van der Waals surface area contributed by atoms with Gasteiger partial charge in [-0.15, -0.1) is 0 Å². The van der Waals surface area contributed by atoms with Crippen molar-refractivity contribution in [3.63, 3.8) is 0 Å². The molecule has 0 aromatic heterocycles. The van der Waals surface area contributed by atoms with Gasteiger partial charge < -0.3 is 5.32 Å². The fourth-order valence-corrected chi connectivity index (χ4v) is 3.18. The van der Waals surface area contributed by atoms with Crippen LogP contribution in [0.5, 0.6) is 0 Å². The third-order valence-electron chi connectivity index (χ3n) is 4.91. The van der Waals surface area contributed by atoms with Gasteiger partial charge in [-0.2, -0.15) is 0 Å². The van der Waals surface area contributed by atoms with Crippen LogP contribution in [0.15, 0.2) is 11.6 Å². The van der Waals surface area contributed by atoms with Crippen molar-refractivity contribution < 1.29 is 0 Å². The maximum absolute atomic E-state index is 3.86. The fraction of sp³-hybridized carbons (Fsp3) is 0.875. The summed E-state index contributed by atoms with van der Waals surface area (Å²) >= 11 is 0. The van der Waals surface area contributed by atoms with Crippen molar-refractivity contribution in [2.24, 2.45) is 5.92 Å². The van der Waals surface area contributed by atoms with E-state index >= 15 is 0 Å². The van der Waals surface area contributed by atoms with Crippen LogP contribution < -0.4 is 5.32 Å². The Morgan fingerprint density at radius 1 is 1.28 bits per heavy atom. The van der Waals surface area contributed by atoms with Crippen LogP contribution in [0.4, 0.5) is 0 Å². The number of nitrogens with zero attached hydrogens (tertiary/aromatic N) is 1. The number of rotatable bonds is 5. The first-order valence-electron chi connectivity index (χ1n) is 7.72. The lowest BCUT2D eigenvalue weighted by Gasteiger charge is -2.47. The number of hydrogen-bond donors (Lipinski definition) is 1. The Morgan fingerprint density at radius 3 is 2.44 bits per heavy atom. The Balaban J connectivity index is 2.04. The summed E-state index contributed by atoms with van der Waals surface area (Å²) in [6.07, 6.45) is 7.78. The maximum Gasteiger partial charge on any atom is 0.0304 e. The predicted molar refractivity (Wildman–Crippen MR) is 78.8 cm³/mol. The third-order valence-corrected chi connectivity index (χ3v) is 4.91. The molecule has 18 heavy (non-hydrogen) atoms. The van der Waals surface area contributed by atoms with Crippen molar-refractivity contribution in [1.82, 2.24) is 10.2 Å². The molecule has 1 aliphatic heterocycles. The summed E-state index contributed by atoms with van der Waals surface area (Å²) in [5.41, 5.74) is 1.81. The van der Waals surface area contributed by atoms with Crippen LogP contribution in [0.1, 0.15) is 53.4 Å². The molecule has 2 nitrogen and oxygen atoms in total. The Bertz CT molecular complexity index is 296. The summed E-state index contributed by atoms with van der Waals surface area (Å²) in [6, 6.07) is 0.784. The molecule has 0 amide bonds.